The maximum absolute atomic E-state index is 5.45. The van der Waals surface area contributed by atoms with Crippen LogP contribution in [0.25, 0.3) is 5.65 Å². The van der Waals surface area contributed by atoms with E-state index in [4.69, 9.17) is 4.74 Å². The van der Waals surface area contributed by atoms with E-state index in [1.54, 1.807) is 0 Å². The summed E-state index contributed by atoms with van der Waals surface area (Å²) in [5.41, 5.74) is 1.93. The van der Waals surface area contributed by atoms with Gasteiger partial charge in [0.25, 0.3) is 0 Å². The van der Waals surface area contributed by atoms with Crippen molar-refractivity contribution in [2.24, 2.45) is 0 Å². The molecule has 2 aromatic heterocycles. The van der Waals surface area contributed by atoms with Gasteiger partial charge in [-0.25, -0.2) is 4.98 Å². The molecule has 0 spiro atoms. The summed E-state index contributed by atoms with van der Waals surface area (Å²) in [7, 11) is 1.91. The second-order valence-electron chi connectivity index (χ2n) is 3.35. The first-order valence-corrected chi connectivity index (χ1v) is 5.05. The Balaban J connectivity index is 1.97. The summed E-state index contributed by atoms with van der Waals surface area (Å²) in [5.74, 6) is 0. The molecule has 0 aliphatic rings. The first-order chi connectivity index (χ1) is 7.40. The Bertz CT molecular complexity index is 391. The van der Waals surface area contributed by atoms with Crippen LogP contribution in [0.2, 0.25) is 0 Å². The number of nitrogens with one attached hydrogen (secondary N) is 1. The van der Waals surface area contributed by atoms with Crippen LogP contribution >= 0.6 is 0 Å². The third-order valence-corrected chi connectivity index (χ3v) is 2.16. The molecule has 15 heavy (non-hydrogen) atoms. The number of rotatable bonds is 5. The molecular formula is C11H15N3O. The van der Waals surface area contributed by atoms with Crippen molar-refractivity contribution in [1.29, 1.82) is 0 Å². The van der Waals surface area contributed by atoms with Gasteiger partial charge in [-0.2, -0.15) is 0 Å². The van der Waals surface area contributed by atoms with E-state index in [0.29, 0.717) is 13.2 Å². The van der Waals surface area contributed by atoms with Crippen LogP contribution in [0.1, 0.15) is 5.69 Å². The van der Waals surface area contributed by atoms with Gasteiger partial charge in [0.1, 0.15) is 5.65 Å². The van der Waals surface area contributed by atoms with Crippen LogP contribution < -0.4 is 5.32 Å². The fourth-order valence-electron chi connectivity index (χ4n) is 1.41. The normalized spacial score (nSPS) is 11.0. The summed E-state index contributed by atoms with van der Waals surface area (Å²) in [5, 5.41) is 3.03. The van der Waals surface area contributed by atoms with Crippen molar-refractivity contribution in [1.82, 2.24) is 14.7 Å². The number of imidazole rings is 1. The van der Waals surface area contributed by atoms with E-state index in [-0.39, 0.29) is 0 Å². The average Bonchev–Trinajstić information content (AvgIpc) is 2.67. The van der Waals surface area contributed by atoms with Gasteiger partial charge in [-0.15, -0.1) is 0 Å². The highest BCUT2D eigenvalue weighted by Gasteiger charge is 1.99. The molecule has 0 aliphatic carbocycles. The van der Waals surface area contributed by atoms with E-state index >= 15 is 0 Å². The Hall–Kier alpha value is -1.39. The molecule has 4 nitrogen and oxygen atoms in total. The van der Waals surface area contributed by atoms with E-state index in [1.165, 1.54) is 0 Å². The Labute approximate surface area is 88.9 Å². The average molecular weight is 205 g/mol. The molecular weight excluding hydrogens is 190 g/mol. The van der Waals surface area contributed by atoms with Gasteiger partial charge in [0.05, 0.1) is 18.9 Å². The van der Waals surface area contributed by atoms with Gasteiger partial charge in [0.2, 0.25) is 0 Å². The molecule has 4 heteroatoms. The highest BCUT2D eigenvalue weighted by atomic mass is 16.5. The fraction of sp³-hybridized carbons (Fsp3) is 0.364. The zero-order valence-electron chi connectivity index (χ0n) is 8.81. The Kier molecular flexibility index (Phi) is 3.32. The minimum atomic E-state index is 0.573. The molecule has 0 aliphatic heterocycles. The number of ether oxygens (including phenoxy) is 1. The van der Waals surface area contributed by atoms with Crippen LogP contribution in [0.3, 0.4) is 0 Å². The van der Waals surface area contributed by atoms with Crippen LogP contribution in [0, 0.1) is 0 Å². The standard InChI is InChI=1S/C11H15N3O/c1-12-5-7-15-9-10-8-14-6-3-2-4-11(14)13-10/h2-4,6,8,12H,5,7,9H2,1H3. The first kappa shape index (κ1) is 10.1. The fourth-order valence-corrected chi connectivity index (χ4v) is 1.41. The number of aromatic nitrogens is 2. The first-order valence-electron chi connectivity index (χ1n) is 5.05. The van der Waals surface area contributed by atoms with Gasteiger partial charge in [-0.3, -0.25) is 0 Å². The maximum atomic E-state index is 5.45. The van der Waals surface area contributed by atoms with Gasteiger partial charge < -0.3 is 14.5 Å². The zero-order chi connectivity index (χ0) is 10.5. The lowest BCUT2D eigenvalue weighted by atomic mass is 10.5. The Morgan fingerprint density at radius 1 is 1.47 bits per heavy atom. The number of fused-ring (bicyclic) bond motifs is 1. The SMILES string of the molecule is CNCCOCc1cn2ccccc2n1. The Morgan fingerprint density at radius 3 is 3.20 bits per heavy atom. The van der Waals surface area contributed by atoms with Crippen molar-refractivity contribution < 1.29 is 4.74 Å². The second-order valence-corrected chi connectivity index (χ2v) is 3.35. The minimum absolute atomic E-state index is 0.573. The molecule has 2 aromatic rings. The van der Waals surface area contributed by atoms with Crippen molar-refractivity contribution in [2.45, 2.75) is 6.61 Å². The zero-order valence-corrected chi connectivity index (χ0v) is 8.81. The van der Waals surface area contributed by atoms with Crippen molar-refractivity contribution in [3.05, 3.63) is 36.3 Å². The molecule has 80 valence electrons. The molecule has 0 bridgehead atoms. The van der Waals surface area contributed by atoms with Crippen LogP contribution in [0.15, 0.2) is 30.6 Å². The van der Waals surface area contributed by atoms with Gasteiger partial charge in [0, 0.05) is 18.9 Å². The molecule has 0 aromatic carbocycles. The van der Waals surface area contributed by atoms with Gasteiger partial charge in [0.15, 0.2) is 0 Å². The molecule has 0 saturated heterocycles. The number of pyridine rings is 1. The van der Waals surface area contributed by atoms with Crippen molar-refractivity contribution in [3.8, 4) is 0 Å². The van der Waals surface area contributed by atoms with Crippen molar-refractivity contribution >= 4 is 5.65 Å². The summed E-state index contributed by atoms with van der Waals surface area (Å²) in [6.45, 7) is 2.15. The summed E-state index contributed by atoms with van der Waals surface area (Å²) >= 11 is 0. The lowest BCUT2D eigenvalue weighted by molar-refractivity contribution is 0.122. The van der Waals surface area contributed by atoms with E-state index in [0.717, 1.165) is 17.9 Å². The van der Waals surface area contributed by atoms with E-state index in [9.17, 15) is 0 Å². The predicted octanol–water partition coefficient (Wildman–Crippen LogP) is 1.07. The summed E-state index contributed by atoms with van der Waals surface area (Å²) in [4.78, 5) is 4.43. The van der Waals surface area contributed by atoms with Crippen LogP contribution in [-0.2, 0) is 11.3 Å². The molecule has 0 amide bonds. The van der Waals surface area contributed by atoms with Gasteiger partial charge in [-0.1, -0.05) is 6.07 Å². The number of nitrogens with zero attached hydrogens (tertiary/aromatic N) is 2. The molecule has 0 unspecified atom stereocenters. The second kappa shape index (κ2) is 4.91. The van der Waals surface area contributed by atoms with Crippen LogP contribution in [0.4, 0.5) is 0 Å². The van der Waals surface area contributed by atoms with E-state index < -0.39 is 0 Å². The molecule has 1 N–H and O–H groups in total. The van der Waals surface area contributed by atoms with Crippen molar-refractivity contribution in [2.75, 3.05) is 20.2 Å². The topological polar surface area (TPSA) is 38.6 Å². The summed E-state index contributed by atoms with van der Waals surface area (Å²) in [6.07, 6.45) is 3.98. The number of hydrogen-bond acceptors (Lipinski definition) is 3. The summed E-state index contributed by atoms with van der Waals surface area (Å²) in [6, 6.07) is 5.95. The molecule has 0 saturated carbocycles. The maximum Gasteiger partial charge on any atom is 0.137 e. The van der Waals surface area contributed by atoms with E-state index in [1.807, 2.05) is 42.0 Å². The lowest BCUT2D eigenvalue weighted by Gasteiger charge is -1.99. The molecule has 0 radical (unpaired) electrons. The van der Waals surface area contributed by atoms with Crippen molar-refractivity contribution in [3.63, 3.8) is 0 Å². The molecule has 2 rings (SSSR count). The highest BCUT2D eigenvalue weighted by Crippen LogP contribution is 2.05. The highest BCUT2D eigenvalue weighted by molar-refractivity contribution is 5.39. The van der Waals surface area contributed by atoms with Crippen LogP contribution in [0.5, 0.6) is 0 Å². The van der Waals surface area contributed by atoms with Gasteiger partial charge >= 0.3 is 0 Å². The minimum Gasteiger partial charge on any atom is -0.374 e. The summed E-state index contributed by atoms with van der Waals surface area (Å²) < 4.78 is 7.45. The third kappa shape index (κ3) is 2.55. The van der Waals surface area contributed by atoms with Gasteiger partial charge in [-0.05, 0) is 19.2 Å². The predicted molar refractivity (Wildman–Crippen MR) is 58.8 cm³/mol. The monoisotopic (exact) mass is 205 g/mol. The molecule has 0 atom stereocenters. The largest absolute Gasteiger partial charge is 0.374 e. The lowest BCUT2D eigenvalue weighted by Crippen LogP contribution is -2.14. The third-order valence-electron chi connectivity index (χ3n) is 2.16. The smallest absolute Gasteiger partial charge is 0.137 e. The number of likely N-dealkylation sites (N-methyl/N-ethyl adjacent to an activating group) is 1. The molecule has 2 heterocycles. The van der Waals surface area contributed by atoms with Crippen LogP contribution in [-0.4, -0.2) is 29.6 Å². The molecule has 0 fully saturated rings. The van der Waals surface area contributed by atoms with E-state index in [2.05, 4.69) is 10.3 Å². The quantitative estimate of drug-likeness (QED) is 0.742. The Morgan fingerprint density at radius 2 is 2.40 bits per heavy atom. The number of hydrogen-bond donors (Lipinski definition) is 1.